The third-order valence-corrected chi connectivity index (χ3v) is 6.19. The zero-order valence-corrected chi connectivity index (χ0v) is 18.9. The van der Waals surface area contributed by atoms with Gasteiger partial charge in [0.1, 0.15) is 12.0 Å². The van der Waals surface area contributed by atoms with E-state index in [1.807, 2.05) is 24.4 Å². The maximum absolute atomic E-state index is 10.3. The fourth-order valence-electron chi connectivity index (χ4n) is 3.92. The first kappa shape index (κ1) is 24.1. The van der Waals surface area contributed by atoms with Crippen LogP contribution < -0.4 is 10.6 Å². The molecule has 9 heteroatoms. The summed E-state index contributed by atoms with van der Waals surface area (Å²) in [5.41, 5.74) is 9.82. The molecule has 0 saturated carbocycles. The number of rotatable bonds is 11. The number of aliphatic hydroxyl groups is 1. The Bertz CT molecular complexity index is 921. The highest BCUT2D eigenvalue weighted by molar-refractivity contribution is 6.31. The number of halogens is 1. The van der Waals surface area contributed by atoms with Gasteiger partial charge in [-0.25, -0.2) is 0 Å². The third kappa shape index (κ3) is 6.98. The number of nitrogens with one attached hydrogen (secondary N) is 4. The highest BCUT2D eigenvalue weighted by Gasteiger charge is 2.15. The van der Waals surface area contributed by atoms with Crippen LogP contribution in [-0.2, 0) is 6.42 Å². The van der Waals surface area contributed by atoms with Crippen molar-refractivity contribution in [2.75, 3.05) is 19.6 Å². The summed E-state index contributed by atoms with van der Waals surface area (Å²) in [5.74, 6) is 0.749. The summed E-state index contributed by atoms with van der Waals surface area (Å²) in [6, 6.07) is 5.60. The number of aliphatic hydroxyl groups excluding tert-OH is 1. The number of benzene rings is 1. The van der Waals surface area contributed by atoms with Crippen LogP contribution in [0.1, 0.15) is 55.0 Å². The summed E-state index contributed by atoms with van der Waals surface area (Å²) in [4.78, 5) is 3.95. The molecule has 5 N–H and O–H groups in total. The topological polar surface area (TPSA) is 130 Å². The minimum Gasteiger partial charge on any atom is -0.429 e. The molecule has 1 saturated heterocycles. The average Bonchev–Trinajstić information content (AvgIpc) is 3.15. The quantitative estimate of drug-likeness (QED) is 0.183. The van der Waals surface area contributed by atoms with Crippen molar-refractivity contribution in [3.05, 3.63) is 52.5 Å². The monoisotopic (exact) mass is 458 g/mol. The van der Waals surface area contributed by atoms with E-state index in [2.05, 4.69) is 20.7 Å². The Balaban J connectivity index is 1.57. The highest BCUT2D eigenvalue weighted by atomic mass is 35.5. The first-order valence-electron chi connectivity index (χ1n) is 11.0. The van der Waals surface area contributed by atoms with Crippen molar-refractivity contribution in [2.45, 2.75) is 44.6 Å². The Morgan fingerprint density at radius 2 is 2.28 bits per heavy atom. The van der Waals surface area contributed by atoms with Crippen LogP contribution >= 0.6 is 11.6 Å². The van der Waals surface area contributed by atoms with E-state index in [0.717, 1.165) is 48.7 Å². The normalized spacial score (nSPS) is 18.1. The van der Waals surface area contributed by atoms with Gasteiger partial charge in [-0.2, -0.15) is 10.5 Å². The van der Waals surface area contributed by atoms with Gasteiger partial charge in [0, 0.05) is 29.6 Å². The number of aromatic nitrogens is 1. The van der Waals surface area contributed by atoms with Crippen molar-refractivity contribution in [3.8, 4) is 0 Å². The second-order valence-electron chi connectivity index (χ2n) is 8.06. The number of oxazole rings is 1. The molecule has 2 heterocycles. The lowest BCUT2D eigenvalue weighted by molar-refractivity contribution is 0.163. The van der Waals surface area contributed by atoms with Crippen molar-refractivity contribution < 1.29 is 9.52 Å². The largest absolute Gasteiger partial charge is 0.429 e. The number of nitrogens with zero attached hydrogens (tertiary/aromatic N) is 2. The van der Waals surface area contributed by atoms with Crippen molar-refractivity contribution in [1.29, 1.82) is 10.9 Å². The first-order valence-corrected chi connectivity index (χ1v) is 11.4. The van der Waals surface area contributed by atoms with Gasteiger partial charge in [-0.1, -0.05) is 17.7 Å². The van der Waals surface area contributed by atoms with Gasteiger partial charge in [-0.3, -0.25) is 0 Å². The molecular weight excluding hydrogens is 428 g/mol. The minimum atomic E-state index is -0.840. The number of aryl methyl sites for hydroxylation is 1. The molecule has 1 aromatic heterocycles. The van der Waals surface area contributed by atoms with Crippen LogP contribution in [0.2, 0.25) is 5.02 Å². The molecule has 2 atom stereocenters. The molecule has 8 nitrogen and oxygen atoms in total. The predicted molar refractivity (Wildman–Crippen MR) is 126 cm³/mol. The maximum atomic E-state index is 10.3. The van der Waals surface area contributed by atoms with Crippen LogP contribution in [0.15, 0.2) is 40.2 Å². The summed E-state index contributed by atoms with van der Waals surface area (Å²) in [5, 5.41) is 28.7. The van der Waals surface area contributed by atoms with Crippen LogP contribution in [-0.4, -0.2) is 35.9 Å². The van der Waals surface area contributed by atoms with Gasteiger partial charge in [-0.15, -0.1) is 5.11 Å². The van der Waals surface area contributed by atoms with E-state index in [9.17, 15) is 5.11 Å². The van der Waals surface area contributed by atoms with E-state index in [4.69, 9.17) is 27.0 Å². The van der Waals surface area contributed by atoms with Crippen LogP contribution in [0, 0.1) is 16.9 Å². The minimum absolute atomic E-state index is 0.0805. The molecule has 0 bridgehead atoms. The highest BCUT2D eigenvalue weighted by Crippen LogP contribution is 2.26. The predicted octanol–water partition coefficient (Wildman–Crippen LogP) is 5.02. The molecular formula is C23H31ClN6O2. The van der Waals surface area contributed by atoms with Crippen LogP contribution in [0.3, 0.4) is 0 Å². The lowest BCUT2D eigenvalue weighted by atomic mass is 9.97. The zero-order chi connectivity index (χ0) is 22.8. The van der Waals surface area contributed by atoms with Gasteiger partial charge in [-0.05, 0) is 80.8 Å². The van der Waals surface area contributed by atoms with Gasteiger partial charge in [0.05, 0.1) is 6.10 Å². The lowest BCUT2D eigenvalue weighted by Gasteiger charge is -2.14. The fourth-order valence-corrected chi connectivity index (χ4v) is 4.14. The Morgan fingerprint density at radius 3 is 3.06 bits per heavy atom. The maximum Gasteiger partial charge on any atom is 0.340 e. The van der Waals surface area contributed by atoms with Gasteiger partial charge >= 0.3 is 6.01 Å². The van der Waals surface area contributed by atoms with E-state index in [-0.39, 0.29) is 6.01 Å². The van der Waals surface area contributed by atoms with Crippen molar-refractivity contribution >= 4 is 29.4 Å². The van der Waals surface area contributed by atoms with Crippen LogP contribution in [0.25, 0.3) is 5.57 Å². The summed E-state index contributed by atoms with van der Waals surface area (Å²) >= 11 is 6.37. The third-order valence-electron chi connectivity index (χ3n) is 5.82. The Morgan fingerprint density at radius 1 is 1.41 bits per heavy atom. The second-order valence-corrected chi connectivity index (χ2v) is 8.47. The van der Waals surface area contributed by atoms with E-state index in [0.29, 0.717) is 23.6 Å². The fraction of sp³-hybridized carbons (Fsp3) is 0.478. The summed E-state index contributed by atoms with van der Waals surface area (Å²) in [6.45, 7) is 3.11. The molecule has 32 heavy (non-hydrogen) atoms. The van der Waals surface area contributed by atoms with Gasteiger partial charge in [0.15, 0.2) is 0 Å². The Hall–Kier alpha value is -2.55. The molecule has 1 aromatic carbocycles. The second kappa shape index (κ2) is 12.5. The Kier molecular flexibility index (Phi) is 9.40. The summed E-state index contributed by atoms with van der Waals surface area (Å²) in [6.07, 6.45) is 9.50. The number of allylic oxidation sites excluding steroid dienone is 1. The van der Waals surface area contributed by atoms with Gasteiger partial charge < -0.3 is 25.6 Å². The molecule has 2 aromatic rings. The molecule has 2 unspecified atom stereocenters. The smallest absolute Gasteiger partial charge is 0.340 e. The lowest BCUT2D eigenvalue weighted by Crippen LogP contribution is -2.16. The Labute approximate surface area is 193 Å². The number of hydrogen-bond donors (Lipinski definition) is 5. The molecule has 172 valence electrons. The standard InChI is InChI=1S/C23H31ClN6O2/c24-20-5-3-17(12-18(20)4-6-22(31)21-15-32-23(29-21)30-26)19(13-25)14-28-11-8-16-2-1-9-27-10-7-16/h3,5,12-16,22,25-28,31H,1-2,4,6-11H2/b19-14+,25-13?,30-26?. The van der Waals surface area contributed by atoms with Crippen molar-refractivity contribution in [1.82, 2.24) is 15.6 Å². The van der Waals surface area contributed by atoms with E-state index in [1.54, 1.807) is 0 Å². The van der Waals surface area contributed by atoms with Gasteiger partial charge in [0.2, 0.25) is 0 Å². The summed E-state index contributed by atoms with van der Waals surface area (Å²) in [7, 11) is 0. The molecule has 1 aliphatic heterocycles. The van der Waals surface area contributed by atoms with Crippen molar-refractivity contribution in [3.63, 3.8) is 0 Å². The van der Waals surface area contributed by atoms with E-state index < -0.39 is 6.10 Å². The first-order chi connectivity index (χ1) is 15.6. The van der Waals surface area contributed by atoms with Crippen molar-refractivity contribution in [2.24, 2.45) is 11.0 Å². The SMILES string of the molecule is N=C/C(=C\NCCC1CCCNCC1)c1ccc(Cl)c(CCC(O)c2coc(N=N)n2)c1. The van der Waals surface area contributed by atoms with Crippen LogP contribution in [0.5, 0.6) is 0 Å². The van der Waals surface area contributed by atoms with Gasteiger partial charge in [0.25, 0.3) is 0 Å². The number of hydrogen-bond acceptors (Lipinski definition) is 8. The molecule has 1 aliphatic rings. The average molecular weight is 459 g/mol. The molecule has 0 spiro atoms. The molecule has 0 radical (unpaired) electrons. The van der Waals surface area contributed by atoms with E-state index >= 15 is 0 Å². The summed E-state index contributed by atoms with van der Waals surface area (Å²) < 4.78 is 4.97. The van der Waals surface area contributed by atoms with E-state index in [1.165, 1.54) is 31.7 Å². The molecule has 1 fully saturated rings. The van der Waals surface area contributed by atoms with Crippen LogP contribution in [0.4, 0.5) is 6.01 Å². The molecule has 0 aliphatic carbocycles. The molecule has 0 amide bonds. The molecule has 3 rings (SSSR count). The zero-order valence-electron chi connectivity index (χ0n) is 18.1.